The number of esters is 2. The van der Waals surface area contributed by atoms with Crippen molar-refractivity contribution in [1.29, 1.82) is 0 Å². The van der Waals surface area contributed by atoms with Gasteiger partial charge in [0.2, 0.25) is 0 Å². The Labute approximate surface area is 218 Å². The molecule has 36 heavy (non-hydrogen) atoms. The lowest BCUT2D eigenvalue weighted by Gasteiger charge is -2.18. The van der Waals surface area contributed by atoms with Gasteiger partial charge in [0.05, 0.1) is 29.5 Å². The Morgan fingerprint density at radius 2 is 2.06 bits per heavy atom. The third-order valence-electron chi connectivity index (χ3n) is 5.81. The first-order chi connectivity index (χ1) is 17.3. The summed E-state index contributed by atoms with van der Waals surface area (Å²) < 4.78 is 10.7. The van der Waals surface area contributed by atoms with Crippen molar-refractivity contribution in [3.63, 3.8) is 0 Å². The van der Waals surface area contributed by atoms with Crippen molar-refractivity contribution in [2.45, 2.75) is 89.9 Å². The number of carbonyl (C=O) groups excluding carboxylic acids is 2. The summed E-state index contributed by atoms with van der Waals surface area (Å²) >= 11 is 1.42. The van der Waals surface area contributed by atoms with Crippen LogP contribution in [0.4, 0.5) is 0 Å². The number of hydrogen-bond acceptors (Lipinski definition) is 8. The molecular weight excluding hydrogens is 478 g/mol. The number of carbonyl (C=O) groups is 2. The molecule has 8 heteroatoms. The van der Waals surface area contributed by atoms with Crippen molar-refractivity contribution in [3.05, 3.63) is 58.1 Å². The number of aliphatic hydroxyl groups is 2. The molecule has 2 heterocycles. The molecule has 1 aliphatic heterocycles. The zero-order chi connectivity index (χ0) is 26.3. The number of nitrogens with zero attached hydrogens (tertiary/aromatic N) is 1. The van der Waals surface area contributed by atoms with Crippen LogP contribution in [0.2, 0.25) is 0 Å². The number of aliphatic hydroxyl groups excluding tert-OH is 2. The normalized spacial score (nSPS) is 27.0. The molecule has 0 spiro atoms. The Hall–Kier alpha value is -2.55. The van der Waals surface area contributed by atoms with Crippen LogP contribution in [0.15, 0.2) is 47.4 Å². The second-order valence-electron chi connectivity index (χ2n) is 8.85. The van der Waals surface area contributed by atoms with E-state index in [1.807, 2.05) is 12.3 Å². The Balaban J connectivity index is 2.37. The maximum Gasteiger partial charge on any atom is 0.334 e. The Bertz CT molecular complexity index is 948. The van der Waals surface area contributed by atoms with Gasteiger partial charge in [-0.05, 0) is 31.9 Å². The molecule has 0 fully saturated rings. The second-order valence-corrected chi connectivity index (χ2v) is 9.74. The average Bonchev–Trinajstić information content (AvgIpc) is 3.31. The molecule has 0 saturated heterocycles. The van der Waals surface area contributed by atoms with Crippen LogP contribution < -0.4 is 0 Å². The number of rotatable bonds is 8. The van der Waals surface area contributed by atoms with Crippen LogP contribution in [0.25, 0.3) is 6.08 Å². The fourth-order valence-electron chi connectivity index (χ4n) is 3.66. The van der Waals surface area contributed by atoms with Crippen molar-refractivity contribution in [2.24, 2.45) is 0 Å². The standard InChI is InChI=1S/C28H39NO6S/c1-4-6-7-9-12-21-17-22-19-36-27(29-22)20(3)25(31)18-23(30)13-10-8-11-14-24(35-28(21)33)15-16-26(32)34-5-2/h8,10-11,13,15-17,19-20,23-25,30-31H,4-7,9,12,14,18H2,1-3H3/b11-8-,13-10-,16-15+,21-17-/t20-,23-,24+,25+/m0/s1. The van der Waals surface area contributed by atoms with Crippen molar-refractivity contribution in [1.82, 2.24) is 4.98 Å². The van der Waals surface area contributed by atoms with Gasteiger partial charge < -0.3 is 19.7 Å². The lowest BCUT2D eigenvalue weighted by atomic mass is 9.99. The van der Waals surface area contributed by atoms with Crippen LogP contribution in [0, 0.1) is 0 Å². The summed E-state index contributed by atoms with van der Waals surface area (Å²) in [6, 6.07) is 0. The van der Waals surface area contributed by atoms with E-state index >= 15 is 0 Å². The number of ether oxygens (including phenoxy) is 2. The van der Waals surface area contributed by atoms with E-state index in [-0.39, 0.29) is 18.9 Å². The van der Waals surface area contributed by atoms with E-state index in [1.165, 1.54) is 23.5 Å². The Kier molecular flexibility index (Phi) is 13.4. The third kappa shape index (κ3) is 10.6. The van der Waals surface area contributed by atoms with Gasteiger partial charge in [-0.1, -0.05) is 57.4 Å². The summed E-state index contributed by atoms with van der Waals surface area (Å²) in [5.74, 6) is -1.21. The summed E-state index contributed by atoms with van der Waals surface area (Å²) in [6.45, 7) is 6.00. The van der Waals surface area contributed by atoms with Crippen LogP contribution in [0.1, 0.15) is 82.3 Å². The predicted molar refractivity (Wildman–Crippen MR) is 142 cm³/mol. The lowest BCUT2D eigenvalue weighted by molar-refractivity contribution is -0.142. The molecule has 1 aromatic heterocycles. The molecule has 0 aliphatic carbocycles. The highest BCUT2D eigenvalue weighted by Gasteiger charge is 2.22. The predicted octanol–water partition coefficient (Wildman–Crippen LogP) is 5.26. The van der Waals surface area contributed by atoms with Crippen LogP contribution >= 0.6 is 11.3 Å². The first kappa shape index (κ1) is 29.7. The van der Waals surface area contributed by atoms with Crippen molar-refractivity contribution in [3.8, 4) is 0 Å². The summed E-state index contributed by atoms with van der Waals surface area (Å²) in [4.78, 5) is 29.6. The van der Waals surface area contributed by atoms with Crippen molar-refractivity contribution in [2.75, 3.05) is 6.61 Å². The number of fused-ring (bicyclic) bond motifs is 2. The molecular formula is C28H39NO6S. The first-order valence-electron chi connectivity index (χ1n) is 12.7. The maximum atomic E-state index is 13.2. The number of unbranched alkanes of at least 4 members (excludes halogenated alkanes) is 3. The second kappa shape index (κ2) is 16.2. The van der Waals surface area contributed by atoms with E-state index in [9.17, 15) is 19.8 Å². The smallest absolute Gasteiger partial charge is 0.334 e. The zero-order valence-corrected chi connectivity index (χ0v) is 22.3. The molecule has 7 nitrogen and oxygen atoms in total. The molecule has 0 aromatic carbocycles. The SMILES string of the molecule is CCCCCC/C1=C/c2csc(n2)[C@@H](C)[C@H](O)C[C@@H](O)/C=C\C=C/C[C@H](/C=C/C(=O)OCC)OC1=O. The van der Waals surface area contributed by atoms with E-state index in [0.29, 0.717) is 24.1 Å². The van der Waals surface area contributed by atoms with E-state index < -0.39 is 30.3 Å². The summed E-state index contributed by atoms with van der Waals surface area (Å²) in [6.07, 6.45) is 14.3. The molecule has 2 bridgehead atoms. The number of cyclic esters (lactones) is 1. The number of thiazole rings is 1. The molecule has 0 saturated carbocycles. The number of aromatic nitrogens is 1. The number of allylic oxidation sites excluding steroid dienone is 2. The van der Waals surface area contributed by atoms with Gasteiger partial charge in [-0.2, -0.15) is 0 Å². The van der Waals surface area contributed by atoms with Gasteiger partial charge in [0, 0.05) is 35.8 Å². The molecule has 0 radical (unpaired) electrons. The highest BCUT2D eigenvalue weighted by molar-refractivity contribution is 7.09. The zero-order valence-electron chi connectivity index (χ0n) is 21.5. The fourth-order valence-corrected chi connectivity index (χ4v) is 4.56. The lowest BCUT2D eigenvalue weighted by Crippen LogP contribution is -2.21. The van der Waals surface area contributed by atoms with Gasteiger partial charge in [-0.15, -0.1) is 11.3 Å². The van der Waals surface area contributed by atoms with E-state index in [0.717, 1.165) is 30.7 Å². The molecule has 1 aliphatic rings. The van der Waals surface area contributed by atoms with Gasteiger partial charge in [-0.25, -0.2) is 14.6 Å². The monoisotopic (exact) mass is 517 g/mol. The highest BCUT2D eigenvalue weighted by atomic mass is 32.1. The fraction of sp³-hybridized carbons (Fsp3) is 0.536. The summed E-state index contributed by atoms with van der Waals surface area (Å²) in [7, 11) is 0. The first-order valence-corrected chi connectivity index (χ1v) is 13.6. The average molecular weight is 518 g/mol. The highest BCUT2D eigenvalue weighted by Crippen LogP contribution is 2.27. The van der Waals surface area contributed by atoms with Crippen molar-refractivity contribution >= 4 is 29.4 Å². The Morgan fingerprint density at radius 1 is 1.25 bits per heavy atom. The minimum Gasteiger partial charge on any atom is -0.463 e. The summed E-state index contributed by atoms with van der Waals surface area (Å²) in [5.41, 5.74) is 1.16. The van der Waals surface area contributed by atoms with E-state index in [1.54, 1.807) is 37.3 Å². The Morgan fingerprint density at radius 3 is 2.81 bits per heavy atom. The van der Waals surface area contributed by atoms with Crippen LogP contribution in [-0.4, -0.2) is 52.1 Å². The van der Waals surface area contributed by atoms with Gasteiger partial charge in [0.25, 0.3) is 0 Å². The van der Waals surface area contributed by atoms with Crippen LogP contribution in [0.5, 0.6) is 0 Å². The quantitative estimate of drug-likeness (QED) is 0.275. The van der Waals surface area contributed by atoms with Gasteiger partial charge in [-0.3, -0.25) is 0 Å². The topological polar surface area (TPSA) is 106 Å². The van der Waals surface area contributed by atoms with Crippen LogP contribution in [-0.2, 0) is 19.1 Å². The van der Waals surface area contributed by atoms with Crippen LogP contribution in [0.3, 0.4) is 0 Å². The maximum absolute atomic E-state index is 13.2. The largest absolute Gasteiger partial charge is 0.463 e. The molecule has 2 rings (SSSR count). The van der Waals surface area contributed by atoms with Crippen molar-refractivity contribution < 1.29 is 29.3 Å². The molecule has 198 valence electrons. The van der Waals surface area contributed by atoms with Gasteiger partial charge in [0.1, 0.15) is 6.10 Å². The molecule has 4 atom stereocenters. The van der Waals surface area contributed by atoms with Gasteiger partial charge >= 0.3 is 11.9 Å². The minimum atomic E-state index is -0.811. The number of hydrogen-bond donors (Lipinski definition) is 2. The van der Waals surface area contributed by atoms with E-state index in [4.69, 9.17) is 9.47 Å². The molecule has 2 N–H and O–H groups in total. The van der Waals surface area contributed by atoms with E-state index in [2.05, 4.69) is 11.9 Å². The molecule has 0 unspecified atom stereocenters. The third-order valence-corrected chi connectivity index (χ3v) is 6.88. The minimum absolute atomic E-state index is 0.186. The molecule has 1 aromatic rings. The summed E-state index contributed by atoms with van der Waals surface area (Å²) in [5, 5.41) is 23.5. The van der Waals surface area contributed by atoms with Gasteiger partial charge in [0.15, 0.2) is 0 Å². The molecule has 0 amide bonds.